The molecule has 2 atom stereocenters. The van der Waals surface area contributed by atoms with E-state index in [1.165, 1.54) is 10.5 Å². The Labute approximate surface area is 178 Å². The summed E-state index contributed by atoms with van der Waals surface area (Å²) in [5.41, 5.74) is 8.08. The summed E-state index contributed by atoms with van der Waals surface area (Å²) in [4.78, 5) is 31.0. The van der Waals surface area contributed by atoms with E-state index in [1.54, 1.807) is 6.21 Å². The van der Waals surface area contributed by atoms with Gasteiger partial charge in [0.25, 0.3) is 0 Å². The van der Waals surface area contributed by atoms with Crippen LogP contribution >= 0.6 is 0 Å². The molecule has 2 unspecified atom stereocenters. The fourth-order valence-electron chi connectivity index (χ4n) is 3.35. The van der Waals surface area contributed by atoms with Crippen molar-refractivity contribution in [2.75, 3.05) is 19.6 Å². The first-order chi connectivity index (χ1) is 14.4. The number of carbonyl (C=O) groups excluding carboxylic acids is 2. The van der Waals surface area contributed by atoms with Crippen LogP contribution in [0.25, 0.3) is 0 Å². The smallest absolute Gasteiger partial charge is 0.243 e. The van der Waals surface area contributed by atoms with Crippen LogP contribution in [0.2, 0.25) is 0 Å². The van der Waals surface area contributed by atoms with Crippen molar-refractivity contribution in [3.63, 3.8) is 0 Å². The zero-order valence-corrected chi connectivity index (χ0v) is 17.6. The summed E-state index contributed by atoms with van der Waals surface area (Å²) in [5.74, 6) is -0.397. The van der Waals surface area contributed by atoms with E-state index >= 15 is 0 Å². The number of allylic oxidation sites excluding steroid dienone is 1. The number of hydrogen-bond acceptors (Lipinski definition) is 5. The first-order valence-corrected chi connectivity index (χ1v) is 10.3. The number of aliphatic hydroxyl groups is 1. The van der Waals surface area contributed by atoms with Crippen LogP contribution in [0.4, 0.5) is 0 Å². The van der Waals surface area contributed by atoms with E-state index in [-0.39, 0.29) is 31.3 Å². The van der Waals surface area contributed by atoms with Crippen LogP contribution in [0.1, 0.15) is 31.7 Å². The minimum atomic E-state index is -0.689. The van der Waals surface area contributed by atoms with Crippen LogP contribution in [-0.4, -0.2) is 59.8 Å². The molecular weight excluding hydrogens is 380 g/mol. The molecule has 162 valence electrons. The Hall–Kier alpha value is -2.77. The van der Waals surface area contributed by atoms with Crippen LogP contribution in [0.15, 0.2) is 59.2 Å². The van der Waals surface area contributed by atoms with E-state index in [1.807, 2.05) is 43.3 Å². The number of aliphatic imine (C=N–C) groups is 1. The first-order valence-electron chi connectivity index (χ1n) is 10.3. The van der Waals surface area contributed by atoms with E-state index in [2.05, 4.69) is 16.9 Å². The van der Waals surface area contributed by atoms with E-state index in [0.29, 0.717) is 25.0 Å². The van der Waals surface area contributed by atoms with Gasteiger partial charge in [-0.15, -0.1) is 0 Å². The van der Waals surface area contributed by atoms with Gasteiger partial charge in [-0.3, -0.25) is 14.6 Å². The largest absolute Gasteiger partial charge is 0.391 e. The maximum atomic E-state index is 12.7. The molecule has 0 aliphatic carbocycles. The predicted octanol–water partition coefficient (Wildman–Crippen LogP) is 1.58. The highest BCUT2D eigenvalue weighted by molar-refractivity contribution is 5.89. The van der Waals surface area contributed by atoms with Gasteiger partial charge in [0.15, 0.2) is 0 Å². The molecule has 30 heavy (non-hydrogen) atoms. The molecule has 1 aliphatic rings. The Morgan fingerprint density at radius 2 is 2.10 bits per heavy atom. The van der Waals surface area contributed by atoms with Gasteiger partial charge in [0.2, 0.25) is 11.8 Å². The van der Waals surface area contributed by atoms with Crippen molar-refractivity contribution in [3.05, 3.63) is 59.8 Å². The molecule has 2 rings (SSSR count). The molecule has 7 heteroatoms. The quantitative estimate of drug-likeness (QED) is 0.507. The molecule has 1 aliphatic heterocycles. The number of aliphatic hydroxyl groups excluding tert-OH is 1. The lowest BCUT2D eigenvalue weighted by molar-refractivity contribution is -0.138. The SMILES string of the molecule is C=C(C=N/C(=C\C)CN)CNC(=O)C1CC(O)CN1C(=O)CCCc1ccccc1. The first kappa shape index (κ1) is 23.5. The molecule has 4 N–H and O–H groups in total. The molecule has 7 nitrogen and oxygen atoms in total. The Morgan fingerprint density at radius 3 is 2.77 bits per heavy atom. The number of nitrogens with one attached hydrogen (secondary N) is 1. The van der Waals surface area contributed by atoms with Gasteiger partial charge in [0, 0.05) is 44.4 Å². The normalized spacial score (nSPS) is 19.3. The molecule has 0 aromatic heterocycles. The maximum Gasteiger partial charge on any atom is 0.243 e. The molecule has 2 amide bonds. The number of hydrogen-bond donors (Lipinski definition) is 3. The standard InChI is InChI=1S/C23H32N4O3/c1-3-19(13-24)25-14-17(2)15-26-23(30)21-12-20(28)16-27(21)22(29)11-7-10-18-8-5-4-6-9-18/h3-6,8-9,14,20-21,28H,2,7,10-13,15-16,24H2,1H3,(H,26,30)/b19-3-,25-14?. The summed E-state index contributed by atoms with van der Waals surface area (Å²) >= 11 is 0. The van der Waals surface area contributed by atoms with Gasteiger partial charge in [-0.25, -0.2) is 0 Å². The topological polar surface area (TPSA) is 108 Å². The molecule has 1 fully saturated rings. The molecule has 0 saturated carbocycles. The number of β-amino-alcohol motifs (C(OH)–C–C–N with tert-alkyl or cyclic N) is 1. The van der Waals surface area contributed by atoms with Gasteiger partial charge in [-0.1, -0.05) is 43.0 Å². The van der Waals surface area contributed by atoms with Crippen LogP contribution < -0.4 is 11.1 Å². The summed E-state index contributed by atoms with van der Waals surface area (Å²) in [6, 6.07) is 9.31. The van der Waals surface area contributed by atoms with Crippen LogP contribution in [0.5, 0.6) is 0 Å². The number of benzene rings is 1. The van der Waals surface area contributed by atoms with Gasteiger partial charge < -0.3 is 21.1 Å². The molecule has 1 aromatic carbocycles. The summed E-state index contributed by atoms with van der Waals surface area (Å²) in [6.45, 7) is 6.45. The minimum Gasteiger partial charge on any atom is -0.391 e. The Morgan fingerprint density at radius 1 is 1.37 bits per heavy atom. The fraction of sp³-hybridized carbons (Fsp3) is 0.435. The zero-order valence-electron chi connectivity index (χ0n) is 17.6. The molecule has 0 spiro atoms. The second-order valence-electron chi connectivity index (χ2n) is 7.41. The lowest BCUT2D eigenvalue weighted by atomic mass is 10.1. The zero-order chi connectivity index (χ0) is 21.9. The Kier molecular flexibility index (Phi) is 9.44. The average Bonchev–Trinajstić information content (AvgIpc) is 3.15. The third-order valence-electron chi connectivity index (χ3n) is 5.05. The second kappa shape index (κ2) is 12.0. The van der Waals surface area contributed by atoms with E-state index < -0.39 is 12.1 Å². The van der Waals surface area contributed by atoms with Crippen molar-refractivity contribution >= 4 is 18.0 Å². The summed E-state index contributed by atoms with van der Waals surface area (Å²) < 4.78 is 0. The van der Waals surface area contributed by atoms with Crippen molar-refractivity contribution in [2.45, 2.75) is 44.8 Å². The molecule has 1 heterocycles. The molecule has 1 saturated heterocycles. The maximum absolute atomic E-state index is 12.7. The number of likely N-dealkylation sites (tertiary alicyclic amines) is 1. The van der Waals surface area contributed by atoms with Crippen molar-refractivity contribution in [3.8, 4) is 0 Å². The molecular formula is C23H32N4O3. The summed E-state index contributed by atoms with van der Waals surface area (Å²) in [5, 5.41) is 12.8. The van der Waals surface area contributed by atoms with Gasteiger partial charge in [-0.05, 0) is 30.9 Å². The number of nitrogens with zero attached hydrogens (tertiary/aromatic N) is 2. The summed E-state index contributed by atoms with van der Waals surface area (Å²) in [6.07, 6.45) is 4.78. The number of amides is 2. The Bertz CT molecular complexity index is 789. The fourth-order valence-corrected chi connectivity index (χ4v) is 3.35. The second-order valence-corrected chi connectivity index (χ2v) is 7.41. The van der Waals surface area contributed by atoms with Crippen LogP contribution in [0, 0.1) is 0 Å². The Balaban J connectivity index is 1.84. The lowest BCUT2D eigenvalue weighted by Crippen LogP contribution is -2.46. The van der Waals surface area contributed by atoms with Crippen molar-refractivity contribution in [1.29, 1.82) is 0 Å². The number of rotatable bonds is 10. The van der Waals surface area contributed by atoms with Crippen molar-refractivity contribution in [2.24, 2.45) is 10.7 Å². The van der Waals surface area contributed by atoms with Crippen molar-refractivity contribution in [1.82, 2.24) is 10.2 Å². The van der Waals surface area contributed by atoms with Crippen LogP contribution in [-0.2, 0) is 16.0 Å². The lowest BCUT2D eigenvalue weighted by Gasteiger charge is -2.23. The average molecular weight is 413 g/mol. The van der Waals surface area contributed by atoms with E-state index in [0.717, 1.165) is 12.1 Å². The van der Waals surface area contributed by atoms with Crippen molar-refractivity contribution < 1.29 is 14.7 Å². The van der Waals surface area contributed by atoms with Gasteiger partial charge in [-0.2, -0.15) is 0 Å². The highest BCUT2D eigenvalue weighted by atomic mass is 16.3. The third kappa shape index (κ3) is 7.24. The minimum absolute atomic E-state index is 0.108. The highest BCUT2D eigenvalue weighted by Crippen LogP contribution is 2.20. The molecule has 0 bridgehead atoms. The van der Waals surface area contributed by atoms with E-state index in [4.69, 9.17) is 5.73 Å². The predicted molar refractivity (Wildman–Crippen MR) is 119 cm³/mol. The molecule has 0 radical (unpaired) electrons. The molecule has 1 aromatic rings. The van der Waals surface area contributed by atoms with Gasteiger partial charge in [0.1, 0.15) is 6.04 Å². The monoisotopic (exact) mass is 412 g/mol. The summed E-state index contributed by atoms with van der Waals surface area (Å²) in [7, 11) is 0. The van der Waals surface area contributed by atoms with Gasteiger partial charge >= 0.3 is 0 Å². The van der Waals surface area contributed by atoms with Gasteiger partial charge in [0.05, 0.1) is 6.10 Å². The number of carbonyl (C=O) groups is 2. The van der Waals surface area contributed by atoms with Crippen LogP contribution in [0.3, 0.4) is 0 Å². The number of aryl methyl sites for hydroxylation is 1. The number of nitrogens with two attached hydrogens (primary N) is 1. The van der Waals surface area contributed by atoms with E-state index in [9.17, 15) is 14.7 Å². The highest BCUT2D eigenvalue weighted by Gasteiger charge is 2.38. The third-order valence-corrected chi connectivity index (χ3v) is 5.05.